The summed E-state index contributed by atoms with van der Waals surface area (Å²) in [7, 11) is 0. The van der Waals surface area contributed by atoms with E-state index >= 15 is 0 Å². The first-order chi connectivity index (χ1) is 8.79. The molecule has 0 N–H and O–H groups in total. The number of fused-ring (bicyclic) bond motifs is 1. The Kier molecular flexibility index (Phi) is 3.14. The summed E-state index contributed by atoms with van der Waals surface area (Å²) in [4.78, 5) is 0. The number of hydrogen-bond acceptors (Lipinski definition) is 1. The first-order valence-corrected chi connectivity index (χ1v) is 7.10. The second kappa shape index (κ2) is 4.79. The normalized spacial score (nSPS) is 11.0. The third-order valence-corrected chi connectivity index (χ3v) is 3.92. The maximum Gasteiger partial charge on any atom is 0.153 e. The number of furan rings is 1. The lowest BCUT2D eigenvalue weighted by Gasteiger charge is -2.00. The largest absolute Gasteiger partial charge is 0.462 e. The minimum atomic E-state index is 0.649. The molecule has 0 aliphatic carbocycles. The molecule has 1 aromatic heterocycles. The summed E-state index contributed by atoms with van der Waals surface area (Å²) in [5, 5.41) is 2.57. The first kappa shape index (κ1) is 11.8. The molecule has 0 unspecified atom stereocenters. The van der Waals surface area contributed by atoms with E-state index in [1.54, 1.807) is 6.26 Å². The fourth-order valence-corrected chi connectivity index (χ4v) is 2.61. The van der Waals surface area contributed by atoms with Crippen LogP contribution >= 0.6 is 27.5 Å². The van der Waals surface area contributed by atoms with Crippen LogP contribution in [0.5, 0.6) is 0 Å². The van der Waals surface area contributed by atoms with Crippen LogP contribution in [0.1, 0.15) is 5.56 Å². The topological polar surface area (TPSA) is 13.1 Å². The lowest BCUT2D eigenvalue weighted by atomic mass is 10.0. The minimum Gasteiger partial charge on any atom is -0.462 e. The molecule has 0 fully saturated rings. The standard InChI is InChI=1S/C15H10BrClO/c16-8-10-4-6-11(7-5-10)13-9-18-15-12(13)2-1-3-14(15)17/h1-7,9H,8H2. The Morgan fingerprint density at radius 1 is 1.06 bits per heavy atom. The SMILES string of the molecule is Clc1cccc2c(-c3ccc(CBr)cc3)coc12. The highest BCUT2D eigenvalue weighted by Crippen LogP contribution is 2.34. The monoisotopic (exact) mass is 320 g/mol. The van der Waals surface area contributed by atoms with Crippen molar-refractivity contribution in [3.05, 3.63) is 59.3 Å². The van der Waals surface area contributed by atoms with E-state index in [2.05, 4.69) is 40.2 Å². The predicted octanol–water partition coefficient (Wildman–Crippen LogP) is 5.65. The molecule has 0 bridgehead atoms. The highest BCUT2D eigenvalue weighted by atomic mass is 79.9. The molecule has 2 aromatic carbocycles. The highest BCUT2D eigenvalue weighted by molar-refractivity contribution is 9.08. The lowest BCUT2D eigenvalue weighted by molar-refractivity contribution is 0.617. The van der Waals surface area contributed by atoms with Crippen LogP contribution < -0.4 is 0 Å². The van der Waals surface area contributed by atoms with Crippen LogP contribution in [-0.2, 0) is 5.33 Å². The van der Waals surface area contributed by atoms with Gasteiger partial charge in [-0.3, -0.25) is 0 Å². The Morgan fingerprint density at radius 2 is 1.83 bits per heavy atom. The third-order valence-electron chi connectivity index (χ3n) is 2.97. The Bertz CT molecular complexity index is 685. The summed E-state index contributed by atoms with van der Waals surface area (Å²) in [6.07, 6.45) is 1.76. The van der Waals surface area contributed by atoms with Crippen molar-refractivity contribution in [2.75, 3.05) is 0 Å². The fraction of sp³-hybridized carbons (Fsp3) is 0.0667. The average molecular weight is 322 g/mol. The molecule has 1 nitrogen and oxygen atoms in total. The van der Waals surface area contributed by atoms with Crippen LogP contribution in [0.2, 0.25) is 5.02 Å². The number of rotatable bonds is 2. The zero-order valence-electron chi connectivity index (χ0n) is 9.49. The molecule has 0 saturated carbocycles. The maximum absolute atomic E-state index is 6.11. The summed E-state index contributed by atoms with van der Waals surface area (Å²) in [5.41, 5.74) is 4.22. The van der Waals surface area contributed by atoms with Crippen molar-refractivity contribution in [2.24, 2.45) is 0 Å². The van der Waals surface area contributed by atoms with E-state index in [1.807, 2.05) is 18.2 Å². The van der Waals surface area contributed by atoms with E-state index in [4.69, 9.17) is 16.0 Å². The molecule has 0 aliphatic rings. The van der Waals surface area contributed by atoms with Crippen LogP contribution in [0.4, 0.5) is 0 Å². The minimum absolute atomic E-state index is 0.649. The van der Waals surface area contributed by atoms with Crippen LogP contribution in [0.3, 0.4) is 0 Å². The van der Waals surface area contributed by atoms with Gasteiger partial charge in [0.25, 0.3) is 0 Å². The van der Waals surface area contributed by atoms with E-state index in [0.717, 1.165) is 27.4 Å². The second-order valence-electron chi connectivity index (χ2n) is 4.10. The van der Waals surface area contributed by atoms with Crippen molar-refractivity contribution in [3.8, 4) is 11.1 Å². The summed E-state index contributed by atoms with van der Waals surface area (Å²) < 4.78 is 5.55. The van der Waals surface area contributed by atoms with E-state index in [-0.39, 0.29) is 0 Å². The number of benzene rings is 2. The zero-order valence-corrected chi connectivity index (χ0v) is 11.8. The Balaban J connectivity index is 2.16. The quantitative estimate of drug-likeness (QED) is 0.556. The molecule has 3 aromatic rings. The van der Waals surface area contributed by atoms with E-state index < -0.39 is 0 Å². The molecule has 0 radical (unpaired) electrons. The number of alkyl halides is 1. The van der Waals surface area contributed by atoms with Crippen LogP contribution in [0.15, 0.2) is 53.1 Å². The van der Waals surface area contributed by atoms with Gasteiger partial charge in [-0.1, -0.05) is 63.9 Å². The number of hydrogen-bond donors (Lipinski definition) is 0. The van der Waals surface area contributed by atoms with Crippen molar-refractivity contribution >= 4 is 38.5 Å². The molecule has 1 heterocycles. The van der Waals surface area contributed by atoms with Gasteiger partial charge in [0.1, 0.15) is 0 Å². The van der Waals surface area contributed by atoms with E-state index in [1.165, 1.54) is 5.56 Å². The Labute approximate surface area is 119 Å². The van der Waals surface area contributed by atoms with Crippen LogP contribution in [-0.4, -0.2) is 0 Å². The van der Waals surface area contributed by atoms with Gasteiger partial charge in [0.2, 0.25) is 0 Å². The van der Waals surface area contributed by atoms with Gasteiger partial charge in [-0.2, -0.15) is 0 Å². The molecule has 3 heteroatoms. The van der Waals surface area contributed by atoms with E-state index in [0.29, 0.717) is 5.02 Å². The summed E-state index contributed by atoms with van der Waals surface area (Å²) in [6.45, 7) is 0. The second-order valence-corrected chi connectivity index (χ2v) is 5.06. The molecular formula is C15H10BrClO. The van der Waals surface area contributed by atoms with Crippen molar-refractivity contribution in [2.45, 2.75) is 5.33 Å². The van der Waals surface area contributed by atoms with Gasteiger partial charge in [0.05, 0.1) is 11.3 Å². The van der Waals surface area contributed by atoms with Crippen molar-refractivity contribution in [1.29, 1.82) is 0 Å². The first-order valence-electron chi connectivity index (χ1n) is 5.60. The van der Waals surface area contributed by atoms with Crippen LogP contribution in [0, 0.1) is 0 Å². The molecule has 90 valence electrons. The highest BCUT2D eigenvalue weighted by Gasteiger charge is 2.10. The molecule has 0 atom stereocenters. The molecule has 0 saturated heterocycles. The fourth-order valence-electron chi connectivity index (χ4n) is 2.02. The molecule has 18 heavy (non-hydrogen) atoms. The number of halogens is 2. The van der Waals surface area contributed by atoms with Gasteiger partial charge < -0.3 is 4.42 Å². The maximum atomic E-state index is 6.11. The number of para-hydroxylation sites is 1. The van der Waals surface area contributed by atoms with Crippen molar-refractivity contribution < 1.29 is 4.42 Å². The molecule has 3 rings (SSSR count). The summed E-state index contributed by atoms with van der Waals surface area (Å²) >= 11 is 9.55. The summed E-state index contributed by atoms with van der Waals surface area (Å²) in [5.74, 6) is 0. The molecule has 0 spiro atoms. The third kappa shape index (κ3) is 1.96. The van der Waals surface area contributed by atoms with Crippen molar-refractivity contribution in [1.82, 2.24) is 0 Å². The zero-order chi connectivity index (χ0) is 12.5. The molecular weight excluding hydrogens is 312 g/mol. The van der Waals surface area contributed by atoms with Gasteiger partial charge in [-0.15, -0.1) is 0 Å². The van der Waals surface area contributed by atoms with Crippen LogP contribution in [0.25, 0.3) is 22.1 Å². The average Bonchev–Trinajstić information content (AvgIpc) is 2.84. The van der Waals surface area contributed by atoms with Gasteiger partial charge >= 0.3 is 0 Å². The van der Waals surface area contributed by atoms with Gasteiger partial charge in [-0.25, -0.2) is 0 Å². The molecule has 0 amide bonds. The molecule has 0 aliphatic heterocycles. The predicted molar refractivity (Wildman–Crippen MR) is 79.3 cm³/mol. The van der Waals surface area contributed by atoms with E-state index in [9.17, 15) is 0 Å². The lowest BCUT2D eigenvalue weighted by Crippen LogP contribution is -1.79. The van der Waals surface area contributed by atoms with Gasteiger partial charge in [0.15, 0.2) is 5.58 Å². The summed E-state index contributed by atoms with van der Waals surface area (Å²) in [6, 6.07) is 14.2. The van der Waals surface area contributed by atoms with Gasteiger partial charge in [-0.05, 0) is 17.2 Å². The Hall–Kier alpha value is -1.25. The van der Waals surface area contributed by atoms with Crippen molar-refractivity contribution in [3.63, 3.8) is 0 Å². The van der Waals surface area contributed by atoms with Gasteiger partial charge in [0, 0.05) is 16.3 Å². The smallest absolute Gasteiger partial charge is 0.153 e. The Morgan fingerprint density at radius 3 is 2.56 bits per heavy atom.